The third-order valence-corrected chi connectivity index (χ3v) is 3.89. The summed E-state index contributed by atoms with van der Waals surface area (Å²) in [6.07, 6.45) is 0. The SMILES string of the molecule is CNc1nc(-c2cccc([N+](=O)[O-])c2)c(C(C)N)s1. The van der Waals surface area contributed by atoms with Crippen molar-refractivity contribution in [3.8, 4) is 11.3 Å². The second-order valence-electron chi connectivity index (χ2n) is 4.08. The number of non-ortho nitro benzene ring substituents is 1. The van der Waals surface area contributed by atoms with Crippen LogP contribution in [0, 0.1) is 10.1 Å². The van der Waals surface area contributed by atoms with Gasteiger partial charge in [0.05, 0.1) is 15.5 Å². The molecule has 0 saturated heterocycles. The van der Waals surface area contributed by atoms with Crippen molar-refractivity contribution in [3.05, 3.63) is 39.3 Å². The zero-order chi connectivity index (χ0) is 14.0. The molecule has 100 valence electrons. The minimum atomic E-state index is -0.416. The van der Waals surface area contributed by atoms with Crippen LogP contribution in [-0.4, -0.2) is 17.0 Å². The van der Waals surface area contributed by atoms with Crippen LogP contribution in [0.5, 0.6) is 0 Å². The Morgan fingerprint density at radius 3 is 2.84 bits per heavy atom. The Bertz CT molecular complexity index is 610. The van der Waals surface area contributed by atoms with Gasteiger partial charge in [0.2, 0.25) is 0 Å². The lowest BCUT2D eigenvalue weighted by Crippen LogP contribution is -2.04. The van der Waals surface area contributed by atoms with Crippen molar-refractivity contribution in [2.45, 2.75) is 13.0 Å². The molecule has 0 aliphatic carbocycles. The van der Waals surface area contributed by atoms with E-state index in [1.165, 1.54) is 23.5 Å². The van der Waals surface area contributed by atoms with Gasteiger partial charge in [-0.3, -0.25) is 10.1 Å². The second kappa shape index (κ2) is 5.33. The molecule has 1 atom stereocenters. The number of nitrogens with two attached hydrogens (primary N) is 1. The number of hydrogen-bond acceptors (Lipinski definition) is 6. The molecular weight excluding hydrogens is 264 g/mol. The van der Waals surface area contributed by atoms with Crippen molar-refractivity contribution in [1.82, 2.24) is 4.98 Å². The first-order valence-corrected chi connectivity index (χ1v) is 6.53. The van der Waals surface area contributed by atoms with Crippen LogP contribution in [0.25, 0.3) is 11.3 Å². The fraction of sp³-hybridized carbons (Fsp3) is 0.250. The number of thiazole rings is 1. The highest BCUT2D eigenvalue weighted by Gasteiger charge is 2.17. The summed E-state index contributed by atoms with van der Waals surface area (Å²) in [5, 5.41) is 14.5. The van der Waals surface area contributed by atoms with Crippen molar-refractivity contribution in [2.75, 3.05) is 12.4 Å². The summed E-state index contributed by atoms with van der Waals surface area (Å²) in [5.41, 5.74) is 7.38. The number of nitrogens with one attached hydrogen (secondary N) is 1. The van der Waals surface area contributed by atoms with Crippen molar-refractivity contribution < 1.29 is 4.92 Å². The Labute approximate surface area is 114 Å². The van der Waals surface area contributed by atoms with Crippen LogP contribution in [0.4, 0.5) is 10.8 Å². The van der Waals surface area contributed by atoms with E-state index >= 15 is 0 Å². The van der Waals surface area contributed by atoms with Gasteiger partial charge in [-0.2, -0.15) is 0 Å². The molecule has 1 unspecified atom stereocenters. The molecule has 0 amide bonds. The molecule has 2 rings (SSSR count). The average molecular weight is 278 g/mol. The molecule has 3 N–H and O–H groups in total. The molecule has 0 aliphatic rings. The van der Waals surface area contributed by atoms with E-state index in [0.29, 0.717) is 11.3 Å². The molecule has 0 aliphatic heterocycles. The summed E-state index contributed by atoms with van der Waals surface area (Å²) in [6.45, 7) is 1.87. The zero-order valence-electron chi connectivity index (χ0n) is 10.6. The van der Waals surface area contributed by atoms with E-state index in [9.17, 15) is 10.1 Å². The normalized spacial score (nSPS) is 12.2. The van der Waals surface area contributed by atoms with Gasteiger partial charge in [-0.15, -0.1) is 0 Å². The molecule has 0 saturated carbocycles. The summed E-state index contributed by atoms with van der Waals surface area (Å²) in [4.78, 5) is 15.7. The lowest BCUT2D eigenvalue weighted by atomic mass is 10.1. The monoisotopic (exact) mass is 278 g/mol. The van der Waals surface area contributed by atoms with Crippen molar-refractivity contribution in [3.63, 3.8) is 0 Å². The number of nitro benzene ring substituents is 1. The Morgan fingerprint density at radius 2 is 2.26 bits per heavy atom. The first-order chi connectivity index (χ1) is 9.02. The molecule has 2 aromatic rings. The molecule has 19 heavy (non-hydrogen) atoms. The molecule has 0 spiro atoms. The Balaban J connectivity index is 2.54. The lowest BCUT2D eigenvalue weighted by Gasteiger charge is -2.05. The molecular formula is C12H14N4O2S. The van der Waals surface area contributed by atoms with E-state index in [0.717, 1.165) is 10.0 Å². The molecule has 0 radical (unpaired) electrons. The van der Waals surface area contributed by atoms with Gasteiger partial charge < -0.3 is 11.1 Å². The van der Waals surface area contributed by atoms with Crippen LogP contribution in [-0.2, 0) is 0 Å². The average Bonchev–Trinajstić information content (AvgIpc) is 2.83. The minimum Gasteiger partial charge on any atom is -0.365 e. The first-order valence-electron chi connectivity index (χ1n) is 5.71. The number of aromatic nitrogens is 1. The lowest BCUT2D eigenvalue weighted by molar-refractivity contribution is -0.384. The molecule has 6 nitrogen and oxygen atoms in total. The Hall–Kier alpha value is -1.99. The second-order valence-corrected chi connectivity index (χ2v) is 5.11. The molecule has 1 aromatic carbocycles. The Morgan fingerprint density at radius 1 is 1.53 bits per heavy atom. The number of nitrogens with zero attached hydrogens (tertiary/aromatic N) is 2. The Kier molecular flexibility index (Phi) is 3.77. The number of benzene rings is 1. The van der Waals surface area contributed by atoms with Crippen molar-refractivity contribution in [2.24, 2.45) is 5.73 Å². The summed E-state index contributed by atoms with van der Waals surface area (Å²) in [5.74, 6) is 0. The highest BCUT2D eigenvalue weighted by molar-refractivity contribution is 7.16. The topological polar surface area (TPSA) is 94.1 Å². The fourth-order valence-electron chi connectivity index (χ4n) is 1.72. The number of anilines is 1. The summed E-state index contributed by atoms with van der Waals surface area (Å²) >= 11 is 1.46. The van der Waals surface area contributed by atoms with Gasteiger partial charge in [0.25, 0.3) is 5.69 Å². The van der Waals surface area contributed by atoms with Crippen LogP contribution in [0.15, 0.2) is 24.3 Å². The number of hydrogen-bond donors (Lipinski definition) is 2. The molecule has 1 heterocycles. The van der Waals surface area contributed by atoms with Gasteiger partial charge in [-0.05, 0) is 6.92 Å². The third kappa shape index (κ3) is 2.72. The van der Waals surface area contributed by atoms with Gasteiger partial charge in [0.1, 0.15) is 0 Å². The standard InChI is InChI=1S/C12H14N4O2S/c1-7(13)11-10(15-12(14-2)19-11)8-4-3-5-9(6-8)16(17)18/h3-7H,13H2,1-2H3,(H,14,15). The maximum atomic E-state index is 10.8. The van der Waals surface area contributed by atoms with E-state index in [1.807, 2.05) is 6.92 Å². The van der Waals surface area contributed by atoms with Crippen LogP contribution >= 0.6 is 11.3 Å². The number of rotatable bonds is 4. The molecule has 0 fully saturated rings. The highest BCUT2D eigenvalue weighted by atomic mass is 32.1. The minimum absolute atomic E-state index is 0.0483. The molecule has 0 bridgehead atoms. The first kappa shape index (κ1) is 13.4. The van der Waals surface area contributed by atoms with Crippen LogP contribution in [0.2, 0.25) is 0 Å². The summed E-state index contributed by atoms with van der Waals surface area (Å²) < 4.78 is 0. The highest BCUT2D eigenvalue weighted by Crippen LogP contribution is 2.35. The smallest absolute Gasteiger partial charge is 0.270 e. The van der Waals surface area contributed by atoms with Crippen LogP contribution in [0.3, 0.4) is 0 Å². The van der Waals surface area contributed by atoms with Crippen molar-refractivity contribution >= 4 is 22.2 Å². The quantitative estimate of drug-likeness (QED) is 0.662. The summed E-state index contributed by atoms with van der Waals surface area (Å²) in [6, 6.07) is 6.25. The van der Waals surface area contributed by atoms with Gasteiger partial charge >= 0.3 is 0 Å². The predicted molar refractivity (Wildman–Crippen MR) is 76.4 cm³/mol. The van der Waals surface area contributed by atoms with E-state index in [4.69, 9.17) is 5.73 Å². The van der Waals surface area contributed by atoms with Gasteiger partial charge in [0.15, 0.2) is 5.13 Å². The zero-order valence-corrected chi connectivity index (χ0v) is 11.4. The molecule has 7 heteroatoms. The van der Waals surface area contributed by atoms with Gasteiger partial charge in [-0.25, -0.2) is 4.98 Å². The number of nitro groups is 1. The summed E-state index contributed by atoms with van der Waals surface area (Å²) in [7, 11) is 1.78. The molecule has 1 aromatic heterocycles. The van der Waals surface area contributed by atoms with Gasteiger partial charge in [-0.1, -0.05) is 23.5 Å². The van der Waals surface area contributed by atoms with Gasteiger partial charge in [0, 0.05) is 30.8 Å². The van der Waals surface area contributed by atoms with E-state index in [1.54, 1.807) is 19.2 Å². The van der Waals surface area contributed by atoms with E-state index in [-0.39, 0.29) is 11.7 Å². The maximum absolute atomic E-state index is 10.8. The predicted octanol–water partition coefficient (Wildman–Crippen LogP) is 2.78. The van der Waals surface area contributed by atoms with Crippen LogP contribution in [0.1, 0.15) is 17.8 Å². The maximum Gasteiger partial charge on any atom is 0.270 e. The fourth-order valence-corrected chi connectivity index (χ4v) is 2.61. The van der Waals surface area contributed by atoms with Crippen molar-refractivity contribution in [1.29, 1.82) is 0 Å². The third-order valence-electron chi connectivity index (χ3n) is 2.61. The largest absolute Gasteiger partial charge is 0.365 e. The van der Waals surface area contributed by atoms with E-state index in [2.05, 4.69) is 10.3 Å². The van der Waals surface area contributed by atoms with Crippen LogP contribution < -0.4 is 11.1 Å². The van der Waals surface area contributed by atoms with E-state index < -0.39 is 4.92 Å².